The van der Waals surface area contributed by atoms with E-state index in [0.717, 1.165) is 21.9 Å². The zero-order valence-corrected chi connectivity index (χ0v) is 17.3. The van der Waals surface area contributed by atoms with Gasteiger partial charge in [-0.3, -0.25) is 4.79 Å². The zero-order valence-electron chi connectivity index (χ0n) is 16.5. The third kappa shape index (κ3) is 5.58. The Morgan fingerprint density at radius 1 is 1.00 bits per heavy atom. The monoisotopic (exact) mass is 409 g/mol. The van der Waals surface area contributed by atoms with Gasteiger partial charge in [0.1, 0.15) is 12.6 Å². The summed E-state index contributed by atoms with van der Waals surface area (Å²) in [4.78, 5) is 25.2. The van der Waals surface area contributed by atoms with Gasteiger partial charge in [-0.1, -0.05) is 80.0 Å². The third-order valence-electron chi connectivity index (χ3n) is 4.74. The number of carbonyl (C=O) groups is 2. The second-order valence-corrected chi connectivity index (χ2v) is 7.78. The van der Waals surface area contributed by atoms with E-state index in [2.05, 4.69) is 5.32 Å². The molecule has 29 heavy (non-hydrogen) atoms. The quantitative estimate of drug-likeness (QED) is 0.563. The Morgan fingerprint density at radius 3 is 2.48 bits per heavy atom. The van der Waals surface area contributed by atoms with Crippen molar-refractivity contribution in [3.8, 4) is 0 Å². The molecule has 0 unspecified atom stereocenters. The van der Waals surface area contributed by atoms with Gasteiger partial charge in [0.15, 0.2) is 0 Å². The third-order valence-corrected chi connectivity index (χ3v) is 4.97. The molecule has 3 aromatic carbocycles. The summed E-state index contributed by atoms with van der Waals surface area (Å²) in [6.07, 6.45) is 0.201. The number of carbonyl (C=O) groups excluding carboxylic acids is 2. The second-order valence-electron chi connectivity index (χ2n) is 7.34. The standard InChI is InChI=1S/C24H24ClNO3/c1-16(2)23(24(28)29-15-17-7-5-11-20(25)13-17)26-22(27)14-19-10-6-9-18-8-3-4-12-21(18)19/h3-13,16,23H,14-15H2,1-2H3,(H,26,27)/t23-/m0/s1. The van der Waals surface area contributed by atoms with Crippen molar-refractivity contribution in [2.24, 2.45) is 5.92 Å². The van der Waals surface area contributed by atoms with E-state index < -0.39 is 12.0 Å². The van der Waals surface area contributed by atoms with Crippen LogP contribution in [0.1, 0.15) is 25.0 Å². The summed E-state index contributed by atoms with van der Waals surface area (Å²) >= 11 is 5.96. The van der Waals surface area contributed by atoms with Gasteiger partial charge in [-0.15, -0.1) is 0 Å². The topological polar surface area (TPSA) is 55.4 Å². The largest absolute Gasteiger partial charge is 0.459 e. The minimum Gasteiger partial charge on any atom is -0.459 e. The van der Waals surface area contributed by atoms with Crippen LogP contribution >= 0.6 is 11.6 Å². The fourth-order valence-corrected chi connectivity index (χ4v) is 3.43. The molecule has 0 saturated carbocycles. The summed E-state index contributed by atoms with van der Waals surface area (Å²) in [6, 6.07) is 20.3. The van der Waals surface area contributed by atoms with Crippen molar-refractivity contribution in [1.29, 1.82) is 0 Å². The number of hydrogen-bond donors (Lipinski definition) is 1. The highest BCUT2D eigenvalue weighted by atomic mass is 35.5. The summed E-state index contributed by atoms with van der Waals surface area (Å²) in [5, 5.41) is 5.54. The van der Waals surface area contributed by atoms with Gasteiger partial charge in [-0.2, -0.15) is 0 Å². The Balaban J connectivity index is 1.64. The van der Waals surface area contributed by atoms with Crippen LogP contribution in [0.5, 0.6) is 0 Å². The highest BCUT2D eigenvalue weighted by molar-refractivity contribution is 6.30. The summed E-state index contributed by atoms with van der Waals surface area (Å²) in [5.74, 6) is -0.760. The molecular formula is C24H24ClNO3. The normalized spacial score (nSPS) is 12.0. The molecule has 1 atom stereocenters. The van der Waals surface area contributed by atoms with Crippen LogP contribution in [0, 0.1) is 5.92 Å². The van der Waals surface area contributed by atoms with Crippen LogP contribution in [-0.2, 0) is 27.4 Å². The SMILES string of the molecule is CC(C)[C@H](NC(=O)Cc1cccc2ccccc12)C(=O)OCc1cccc(Cl)c1. The molecule has 4 nitrogen and oxygen atoms in total. The summed E-state index contributed by atoms with van der Waals surface area (Å²) in [6.45, 7) is 3.87. The first-order valence-electron chi connectivity index (χ1n) is 9.61. The Hall–Kier alpha value is -2.85. The number of amides is 1. The Kier molecular flexibility index (Phi) is 6.89. The molecule has 5 heteroatoms. The average molecular weight is 410 g/mol. The minimum atomic E-state index is -0.711. The number of ether oxygens (including phenoxy) is 1. The summed E-state index contributed by atoms with van der Waals surface area (Å²) in [5.41, 5.74) is 1.73. The number of esters is 1. The molecular weight excluding hydrogens is 386 g/mol. The predicted octanol–water partition coefficient (Wildman–Crippen LogP) is 4.92. The van der Waals surface area contributed by atoms with E-state index in [1.165, 1.54) is 0 Å². The van der Waals surface area contributed by atoms with Gasteiger partial charge in [0.2, 0.25) is 5.91 Å². The number of hydrogen-bond acceptors (Lipinski definition) is 3. The molecule has 0 spiro atoms. The van der Waals surface area contributed by atoms with Crippen LogP contribution in [0.15, 0.2) is 66.7 Å². The Labute approximate surface area is 175 Å². The number of benzene rings is 3. The van der Waals surface area contributed by atoms with Gasteiger partial charge in [-0.25, -0.2) is 4.79 Å². The van der Waals surface area contributed by atoms with Gasteiger partial charge in [0, 0.05) is 5.02 Å². The van der Waals surface area contributed by atoms with Gasteiger partial charge >= 0.3 is 5.97 Å². The fourth-order valence-electron chi connectivity index (χ4n) is 3.21. The van der Waals surface area contributed by atoms with Crippen molar-refractivity contribution in [2.75, 3.05) is 0 Å². The smallest absolute Gasteiger partial charge is 0.329 e. The van der Waals surface area contributed by atoms with E-state index in [4.69, 9.17) is 16.3 Å². The van der Waals surface area contributed by atoms with Crippen molar-refractivity contribution in [1.82, 2.24) is 5.32 Å². The first-order chi connectivity index (χ1) is 13.9. The van der Waals surface area contributed by atoms with E-state index in [-0.39, 0.29) is 24.9 Å². The molecule has 1 amide bonds. The van der Waals surface area contributed by atoms with Crippen molar-refractivity contribution >= 4 is 34.2 Å². The molecule has 0 aromatic heterocycles. The fraction of sp³-hybridized carbons (Fsp3) is 0.250. The average Bonchev–Trinajstić information content (AvgIpc) is 2.70. The molecule has 0 saturated heterocycles. The van der Waals surface area contributed by atoms with E-state index in [1.807, 2.05) is 62.4 Å². The van der Waals surface area contributed by atoms with Gasteiger partial charge < -0.3 is 10.1 Å². The van der Waals surface area contributed by atoms with Crippen LogP contribution in [0.25, 0.3) is 10.8 Å². The predicted molar refractivity (Wildman–Crippen MR) is 116 cm³/mol. The maximum Gasteiger partial charge on any atom is 0.329 e. The summed E-state index contributed by atoms with van der Waals surface area (Å²) in [7, 11) is 0. The van der Waals surface area contributed by atoms with E-state index in [9.17, 15) is 9.59 Å². The van der Waals surface area contributed by atoms with Gasteiger partial charge in [0.05, 0.1) is 6.42 Å². The van der Waals surface area contributed by atoms with Crippen molar-refractivity contribution in [2.45, 2.75) is 32.9 Å². The molecule has 0 fully saturated rings. The molecule has 0 aliphatic rings. The van der Waals surface area contributed by atoms with Crippen LogP contribution < -0.4 is 5.32 Å². The molecule has 0 aliphatic heterocycles. The van der Waals surface area contributed by atoms with Crippen molar-refractivity contribution in [3.63, 3.8) is 0 Å². The first kappa shape index (κ1) is 20.9. The highest BCUT2D eigenvalue weighted by Gasteiger charge is 2.26. The Bertz CT molecular complexity index is 1010. The lowest BCUT2D eigenvalue weighted by Gasteiger charge is -2.21. The molecule has 150 valence electrons. The van der Waals surface area contributed by atoms with E-state index >= 15 is 0 Å². The summed E-state index contributed by atoms with van der Waals surface area (Å²) < 4.78 is 5.42. The molecule has 0 bridgehead atoms. The maximum absolute atomic E-state index is 12.7. The highest BCUT2D eigenvalue weighted by Crippen LogP contribution is 2.19. The maximum atomic E-state index is 12.7. The van der Waals surface area contributed by atoms with Crippen LogP contribution in [0.4, 0.5) is 0 Å². The molecule has 0 heterocycles. The molecule has 3 rings (SSSR count). The number of nitrogens with one attached hydrogen (secondary N) is 1. The van der Waals surface area contributed by atoms with Gasteiger partial charge in [-0.05, 0) is 39.9 Å². The lowest BCUT2D eigenvalue weighted by Crippen LogP contribution is -2.45. The van der Waals surface area contributed by atoms with E-state index in [0.29, 0.717) is 5.02 Å². The Morgan fingerprint density at radius 2 is 1.72 bits per heavy atom. The van der Waals surface area contributed by atoms with Gasteiger partial charge in [0.25, 0.3) is 0 Å². The van der Waals surface area contributed by atoms with Crippen molar-refractivity contribution < 1.29 is 14.3 Å². The number of rotatable bonds is 7. The molecule has 1 N–H and O–H groups in total. The second kappa shape index (κ2) is 9.57. The first-order valence-corrected chi connectivity index (χ1v) is 9.99. The molecule has 0 aliphatic carbocycles. The van der Waals surface area contributed by atoms with Crippen LogP contribution in [0.3, 0.4) is 0 Å². The number of halogens is 1. The lowest BCUT2D eigenvalue weighted by molar-refractivity contribution is -0.150. The van der Waals surface area contributed by atoms with Crippen molar-refractivity contribution in [3.05, 3.63) is 82.9 Å². The molecule has 3 aromatic rings. The molecule has 0 radical (unpaired) electrons. The zero-order chi connectivity index (χ0) is 20.8. The number of fused-ring (bicyclic) bond motifs is 1. The van der Waals surface area contributed by atoms with E-state index in [1.54, 1.807) is 18.2 Å². The lowest BCUT2D eigenvalue weighted by atomic mass is 10.0. The van der Waals surface area contributed by atoms with Crippen LogP contribution in [0.2, 0.25) is 5.02 Å². The van der Waals surface area contributed by atoms with Crippen LogP contribution in [-0.4, -0.2) is 17.9 Å². The minimum absolute atomic E-state index is 0.0988.